The zero-order valence-electron chi connectivity index (χ0n) is 16.9. The minimum atomic E-state index is 1.08. The molecule has 0 spiro atoms. The van der Waals surface area contributed by atoms with Crippen LogP contribution in [0.4, 0.5) is 0 Å². The van der Waals surface area contributed by atoms with E-state index in [1.54, 1.807) is 11.1 Å². The Hall–Kier alpha value is -0.820. The summed E-state index contributed by atoms with van der Waals surface area (Å²) in [7, 11) is 4.66. The summed E-state index contributed by atoms with van der Waals surface area (Å²) in [6.07, 6.45) is 15.4. The van der Waals surface area contributed by atoms with Gasteiger partial charge in [0, 0.05) is 5.56 Å². The van der Waals surface area contributed by atoms with E-state index >= 15 is 0 Å². The van der Waals surface area contributed by atoms with Crippen LogP contribution < -0.4 is 0 Å². The molecule has 0 aromatic heterocycles. The van der Waals surface area contributed by atoms with Gasteiger partial charge in [0.1, 0.15) is 6.54 Å². The normalized spacial score (nSPS) is 11.8. The third-order valence-corrected chi connectivity index (χ3v) is 5.37. The summed E-state index contributed by atoms with van der Waals surface area (Å²) in [5, 5.41) is 0. The predicted molar refractivity (Wildman–Crippen MR) is 108 cm³/mol. The minimum absolute atomic E-state index is 1.08. The van der Waals surface area contributed by atoms with E-state index < -0.39 is 0 Å². The van der Waals surface area contributed by atoms with Gasteiger partial charge in [-0.3, -0.25) is 0 Å². The molecule has 24 heavy (non-hydrogen) atoms. The summed E-state index contributed by atoms with van der Waals surface area (Å²) in [6, 6.07) is 9.09. The quantitative estimate of drug-likeness (QED) is 0.261. The van der Waals surface area contributed by atoms with Crippen LogP contribution in [0, 0.1) is 0 Å². The average molecular weight is 333 g/mol. The Labute approximate surface area is 152 Å². The van der Waals surface area contributed by atoms with Crippen LogP contribution in [0.3, 0.4) is 0 Å². The van der Waals surface area contributed by atoms with E-state index in [4.69, 9.17) is 0 Å². The van der Waals surface area contributed by atoms with Crippen LogP contribution in [-0.4, -0.2) is 25.1 Å². The molecule has 1 rings (SSSR count). The molecule has 0 aliphatic heterocycles. The number of hydrogen-bond donors (Lipinski definition) is 0. The fraction of sp³-hybridized carbons (Fsp3) is 0.739. The molecule has 0 fully saturated rings. The molecule has 1 heteroatoms. The largest absolute Gasteiger partial charge is 0.325 e. The minimum Gasteiger partial charge on any atom is -0.325 e. The molecule has 1 aromatic carbocycles. The summed E-state index contributed by atoms with van der Waals surface area (Å²) in [4.78, 5) is 0. The first-order valence-electron chi connectivity index (χ1n) is 10.5. The van der Waals surface area contributed by atoms with E-state index in [2.05, 4.69) is 52.2 Å². The number of hydrogen-bond acceptors (Lipinski definition) is 0. The third-order valence-electron chi connectivity index (χ3n) is 5.37. The van der Waals surface area contributed by atoms with E-state index in [1.807, 2.05) is 0 Å². The van der Waals surface area contributed by atoms with Crippen LogP contribution in [0.2, 0.25) is 0 Å². The molecule has 0 aliphatic carbocycles. The summed E-state index contributed by atoms with van der Waals surface area (Å²) in [5.41, 5.74) is 3.14. The Morgan fingerprint density at radius 3 is 1.71 bits per heavy atom. The van der Waals surface area contributed by atoms with Crippen LogP contribution >= 0.6 is 0 Å². The molecule has 0 N–H and O–H groups in total. The molecule has 0 radical (unpaired) electrons. The molecular formula is C23H42N+. The monoisotopic (exact) mass is 332 g/mol. The van der Waals surface area contributed by atoms with Crippen molar-refractivity contribution in [3.05, 3.63) is 35.4 Å². The fourth-order valence-corrected chi connectivity index (χ4v) is 3.33. The van der Waals surface area contributed by atoms with Crippen molar-refractivity contribution in [1.82, 2.24) is 0 Å². The highest BCUT2D eigenvalue weighted by Crippen LogP contribution is 2.18. The highest BCUT2D eigenvalue weighted by atomic mass is 15.3. The molecule has 138 valence electrons. The Morgan fingerprint density at radius 1 is 0.667 bits per heavy atom. The number of benzene rings is 1. The molecule has 1 aromatic rings. The Bertz CT molecular complexity index is 422. The SMILES string of the molecule is CCCCCCCCCCCCc1ccccc1C[N+](C)(C)CC. The third kappa shape index (κ3) is 9.47. The second kappa shape index (κ2) is 12.5. The second-order valence-electron chi connectivity index (χ2n) is 8.11. The lowest BCUT2D eigenvalue weighted by molar-refractivity contribution is -0.901. The number of rotatable bonds is 14. The molecule has 0 unspecified atom stereocenters. The number of unbranched alkanes of at least 4 members (excludes halogenated alkanes) is 9. The first-order chi connectivity index (χ1) is 11.6. The van der Waals surface area contributed by atoms with Crippen molar-refractivity contribution < 1.29 is 4.48 Å². The maximum atomic E-state index is 2.35. The van der Waals surface area contributed by atoms with Crippen LogP contribution in [0.5, 0.6) is 0 Å². The number of quaternary nitrogens is 1. The maximum absolute atomic E-state index is 2.35. The van der Waals surface area contributed by atoms with E-state index in [0.29, 0.717) is 0 Å². The van der Waals surface area contributed by atoms with Gasteiger partial charge in [-0.05, 0) is 25.3 Å². The van der Waals surface area contributed by atoms with Crippen molar-refractivity contribution in [2.24, 2.45) is 0 Å². The molecule has 0 heterocycles. The smallest absolute Gasteiger partial charge is 0.104 e. The van der Waals surface area contributed by atoms with Gasteiger partial charge in [0.15, 0.2) is 0 Å². The molecular weight excluding hydrogens is 290 g/mol. The molecule has 1 nitrogen and oxygen atoms in total. The van der Waals surface area contributed by atoms with Crippen molar-refractivity contribution in [2.75, 3.05) is 20.6 Å². The van der Waals surface area contributed by atoms with Gasteiger partial charge in [0.25, 0.3) is 0 Å². The van der Waals surface area contributed by atoms with Crippen LogP contribution in [0.1, 0.15) is 89.2 Å². The van der Waals surface area contributed by atoms with Gasteiger partial charge in [-0.25, -0.2) is 0 Å². The highest BCUT2D eigenvalue weighted by molar-refractivity contribution is 5.26. The van der Waals surface area contributed by atoms with Crippen molar-refractivity contribution in [2.45, 2.75) is 91.0 Å². The van der Waals surface area contributed by atoms with Gasteiger partial charge in [-0.2, -0.15) is 0 Å². The maximum Gasteiger partial charge on any atom is 0.104 e. The zero-order valence-corrected chi connectivity index (χ0v) is 16.9. The zero-order chi connectivity index (χ0) is 17.7. The van der Waals surface area contributed by atoms with Crippen molar-refractivity contribution in [3.8, 4) is 0 Å². The first kappa shape index (κ1) is 21.2. The lowest BCUT2D eigenvalue weighted by Gasteiger charge is -2.29. The molecule has 0 bridgehead atoms. The standard InChI is InChI=1S/C23H42N/c1-5-7-8-9-10-11-12-13-14-15-18-22-19-16-17-20-23(22)21-24(3,4)6-2/h16-17,19-20H,5-15,18,21H2,1-4H3/q+1. The van der Waals surface area contributed by atoms with Crippen molar-refractivity contribution in [1.29, 1.82) is 0 Å². The molecule has 0 atom stereocenters. The Morgan fingerprint density at radius 2 is 1.17 bits per heavy atom. The Kier molecular flexibility index (Phi) is 11.1. The van der Waals surface area contributed by atoms with Crippen molar-refractivity contribution >= 4 is 0 Å². The lowest BCUT2D eigenvalue weighted by atomic mass is 9.99. The lowest BCUT2D eigenvalue weighted by Crippen LogP contribution is -2.38. The summed E-state index contributed by atoms with van der Waals surface area (Å²) in [6.45, 7) is 6.92. The van der Waals surface area contributed by atoms with E-state index in [-0.39, 0.29) is 0 Å². The second-order valence-corrected chi connectivity index (χ2v) is 8.11. The van der Waals surface area contributed by atoms with Gasteiger partial charge in [0.05, 0.1) is 20.6 Å². The van der Waals surface area contributed by atoms with E-state index in [0.717, 1.165) is 11.0 Å². The van der Waals surface area contributed by atoms with Gasteiger partial charge < -0.3 is 4.48 Å². The van der Waals surface area contributed by atoms with Crippen molar-refractivity contribution in [3.63, 3.8) is 0 Å². The highest BCUT2D eigenvalue weighted by Gasteiger charge is 2.14. The fourth-order valence-electron chi connectivity index (χ4n) is 3.33. The summed E-state index contributed by atoms with van der Waals surface area (Å²) >= 11 is 0. The summed E-state index contributed by atoms with van der Waals surface area (Å²) < 4.78 is 1.08. The first-order valence-corrected chi connectivity index (χ1v) is 10.5. The molecule has 0 saturated heterocycles. The molecule has 0 saturated carbocycles. The van der Waals surface area contributed by atoms with Gasteiger partial charge >= 0.3 is 0 Å². The molecule has 0 amide bonds. The van der Waals surface area contributed by atoms with E-state index in [9.17, 15) is 0 Å². The number of aryl methyl sites for hydroxylation is 1. The Balaban J connectivity index is 2.19. The van der Waals surface area contributed by atoms with E-state index in [1.165, 1.54) is 77.2 Å². The van der Waals surface area contributed by atoms with Gasteiger partial charge in [-0.15, -0.1) is 0 Å². The van der Waals surface area contributed by atoms with Crippen LogP contribution in [0.15, 0.2) is 24.3 Å². The van der Waals surface area contributed by atoms with Gasteiger partial charge in [-0.1, -0.05) is 89.0 Å². The predicted octanol–water partition coefficient (Wildman–Crippen LogP) is 6.75. The summed E-state index contributed by atoms with van der Waals surface area (Å²) in [5.74, 6) is 0. The topological polar surface area (TPSA) is 0 Å². The number of nitrogens with zero attached hydrogens (tertiary/aromatic N) is 1. The molecule has 0 aliphatic rings. The van der Waals surface area contributed by atoms with Crippen LogP contribution in [-0.2, 0) is 13.0 Å². The van der Waals surface area contributed by atoms with Crippen LogP contribution in [0.25, 0.3) is 0 Å². The van der Waals surface area contributed by atoms with Gasteiger partial charge in [0.2, 0.25) is 0 Å². The average Bonchev–Trinajstić information content (AvgIpc) is 2.57.